The third-order valence-corrected chi connectivity index (χ3v) is 4.38. The molecule has 0 aromatic heterocycles. The average Bonchev–Trinajstić information content (AvgIpc) is 2.56. The van der Waals surface area contributed by atoms with Crippen LogP contribution in [0.15, 0.2) is 47.4 Å². The zero-order valence-corrected chi connectivity index (χ0v) is 13.4. The summed E-state index contributed by atoms with van der Waals surface area (Å²) in [5.41, 5.74) is 1.78. The van der Waals surface area contributed by atoms with Gasteiger partial charge >= 0.3 is 0 Å². The summed E-state index contributed by atoms with van der Waals surface area (Å²) < 4.78 is 5.50. The molecule has 0 unspecified atom stereocenters. The number of benzene rings is 2. The van der Waals surface area contributed by atoms with Crippen LogP contribution in [-0.4, -0.2) is 24.2 Å². The van der Waals surface area contributed by atoms with Crippen molar-refractivity contribution in [2.45, 2.75) is 11.8 Å². The lowest BCUT2D eigenvalue weighted by molar-refractivity contribution is -0.113. The molecular weight excluding hydrogens is 312 g/mol. The summed E-state index contributed by atoms with van der Waals surface area (Å²) in [4.78, 5) is 24.9. The Hall–Kier alpha value is -2.47. The first kappa shape index (κ1) is 15.4. The van der Waals surface area contributed by atoms with Gasteiger partial charge < -0.3 is 15.4 Å². The number of para-hydroxylation sites is 2. The Morgan fingerprint density at radius 3 is 2.96 bits per heavy atom. The van der Waals surface area contributed by atoms with Gasteiger partial charge in [-0.3, -0.25) is 9.59 Å². The fraction of sp³-hybridized carbons (Fsp3) is 0.176. The maximum absolute atomic E-state index is 12.5. The van der Waals surface area contributed by atoms with Gasteiger partial charge in [-0.25, -0.2) is 0 Å². The Labute approximate surface area is 138 Å². The first-order valence-electron chi connectivity index (χ1n) is 7.27. The number of carbonyl (C=O) groups excluding carboxylic acids is 2. The van der Waals surface area contributed by atoms with E-state index in [-0.39, 0.29) is 11.8 Å². The molecule has 0 saturated carbocycles. The smallest absolute Gasteiger partial charge is 0.255 e. The second-order valence-electron chi connectivity index (χ2n) is 4.93. The largest absolute Gasteiger partial charge is 0.492 e. The van der Waals surface area contributed by atoms with Gasteiger partial charge in [0.25, 0.3) is 5.91 Å². The molecule has 2 N–H and O–H groups in total. The van der Waals surface area contributed by atoms with E-state index in [1.165, 1.54) is 11.8 Å². The fourth-order valence-corrected chi connectivity index (χ4v) is 3.06. The second kappa shape index (κ2) is 6.75. The Bertz CT molecular complexity index is 761. The number of rotatable bonds is 4. The van der Waals surface area contributed by atoms with Gasteiger partial charge in [-0.05, 0) is 37.3 Å². The fourth-order valence-electron chi connectivity index (χ4n) is 2.27. The highest BCUT2D eigenvalue weighted by atomic mass is 32.2. The monoisotopic (exact) mass is 328 g/mol. The van der Waals surface area contributed by atoms with Crippen molar-refractivity contribution in [3.63, 3.8) is 0 Å². The summed E-state index contributed by atoms with van der Waals surface area (Å²) in [6, 6.07) is 12.6. The highest BCUT2D eigenvalue weighted by Gasteiger charge is 2.17. The molecule has 1 aliphatic rings. The van der Waals surface area contributed by atoms with Gasteiger partial charge in [0.05, 0.1) is 23.7 Å². The zero-order valence-electron chi connectivity index (χ0n) is 12.6. The molecule has 5 nitrogen and oxygen atoms in total. The number of hydrogen-bond donors (Lipinski definition) is 2. The minimum Gasteiger partial charge on any atom is -0.492 e. The molecule has 3 rings (SSSR count). The molecule has 23 heavy (non-hydrogen) atoms. The van der Waals surface area contributed by atoms with Crippen molar-refractivity contribution in [1.82, 2.24) is 0 Å². The first-order valence-corrected chi connectivity index (χ1v) is 8.26. The molecule has 2 amide bonds. The van der Waals surface area contributed by atoms with E-state index < -0.39 is 0 Å². The minimum atomic E-state index is -0.246. The van der Waals surface area contributed by atoms with Crippen LogP contribution in [0.4, 0.5) is 11.4 Å². The van der Waals surface area contributed by atoms with Crippen molar-refractivity contribution in [2.24, 2.45) is 0 Å². The predicted octanol–water partition coefficient (Wildman–Crippen LogP) is 3.38. The minimum absolute atomic E-state index is 0.0539. The van der Waals surface area contributed by atoms with Crippen LogP contribution in [0.25, 0.3) is 0 Å². The number of nitrogens with one attached hydrogen (secondary N) is 2. The second-order valence-corrected chi connectivity index (χ2v) is 5.95. The Kier molecular flexibility index (Phi) is 4.52. The van der Waals surface area contributed by atoms with Gasteiger partial charge in [0.2, 0.25) is 5.91 Å². The third kappa shape index (κ3) is 3.48. The molecule has 2 aromatic carbocycles. The number of hydrogen-bond acceptors (Lipinski definition) is 4. The lowest BCUT2D eigenvalue weighted by atomic mass is 10.1. The van der Waals surface area contributed by atoms with Gasteiger partial charge in [0.1, 0.15) is 5.75 Å². The maximum atomic E-state index is 12.5. The van der Waals surface area contributed by atoms with E-state index >= 15 is 0 Å². The number of thioether (sulfide) groups is 1. The van der Waals surface area contributed by atoms with Gasteiger partial charge in [0, 0.05) is 10.5 Å². The van der Waals surface area contributed by atoms with Crippen molar-refractivity contribution in [3.8, 4) is 5.75 Å². The van der Waals surface area contributed by atoms with Gasteiger partial charge in [-0.15, -0.1) is 11.8 Å². The van der Waals surface area contributed by atoms with Gasteiger partial charge in [0.15, 0.2) is 0 Å². The molecule has 0 radical (unpaired) electrons. The Balaban J connectivity index is 1.81. The van der Waals surface area contributed by atoms with Crippen molar-refractivity contribution in [1.29, 1.82) is 0 Å². The van der Waals surface area contributed by atoms with Crippen LogP contribution < -0.4 is 15.4 Å². The lowest BCUT2D eigenvalue weighted by Gasteiger charge is -2.17. The number of ether oxygens (including phenoxy) is 1. The molecule has 0 fully saturated rings. The number of anilines is 2. The molecule has 2 aromatic rings. The zero-order chi connectivity index (χ0) is 16.2. The Morgan fingerprint density at radius 1 is 1.30 bits per heavy atom. The normalized spacial score (nSPS) is 13.0. The lowest BCUT2D eigenvalue weighted by Crippen LogP contribution is -2.20. The van der Waals surface area contributed by atoms with E-state index in [1.807, 2.05) is 31.2 Å². The highest BCUT2D eigenvalue weighted by molar-refractivity contribution is 8.00. The number of amides is 2. The first-order chi connectivity index (χ1) is 11.2. The van der Waals surface area contributed by atoms with Crippen LogP contribution in [0.2, 0.25) is 0 Å². The molecular formula is C17H16N2O3S. The standard InChI is InChI=1S/C17H16N2O3S/c1-2-22-14-6-4-3-5-12(14)19-17(21)11-7-8-15-13(9-11)18-16(20)10-23-15/h3-9H,2,10H2,1H3,(H,18,20)(H,19,21). The molecule has 118 valence electrons. The van der Waals surface area contributed by atoms with Crippen LogP contribution in [0.5, 0.6) is 5.75 Å². The Morgan fingerprint density at radius 2 is 2.13 bits per heavy atom. The van der Waals surface area contributed by atoms with Gasteiger partial charge in [-0.1, -0.05) is 12.1 Å². The molecule has 6 heteroatoms. The predicted molar refractivity (Wildman–Crippen MR) is 91.4 cm³/mol. The quantitative estimate of drug-likeness (QED) is 0.903. The van der Waals surface area contributed by atoms with Crippen LogP contribution in [0.3, 0.4) is 0 Å². The third-order valence-electron chi connectivity index (χ3n) is 3.31. The summed E-state index contributed by atoms with van der Waals surface area (Å²) >= 11 is 1.47. The topological polar surface area (TPSA) is 67.4 Å². The number of fused-ring (bicyclic) bond motifs is 1. The summed E-state index contributed by atoms with van der Waals surface area (Å²) in [7, 11) is 0. The summed E-state index contributed by atoms with van der Waals surface area (Å²) in [5.74, 6) is 0.733. The van der Waals surface area contributed by atoms with E-state index in [0.29, 0.717) is 35.0 Å². The van der Waals surface area contributed by atoms with E-state index in [0.717, 1.165) is 4.90 Å². The van der Waals surface area contributed by atoms with Crippen LogP contribution in [0.1, 0.15) is 17.3 Å². The van der Waals surface area contributed by atoms with Crippen molar-refractivity contribution in [2.75, 3.05) is 23.0 Å². The van der Waals surface area contributed by atoms with Crippen LogP contribution in [0, 0.1) is 0 Å². The highest BCUT2D eigenvalue weighted by Crippen LogP contribution is 2.32. The van der Waals surface area contributed by atoms with Crippen molar-refractivity contribution < 1.29 is 14.3 Å². The van der Waals surface area contributed by atoms with E-state index in [4.69, 9.17) is 4.74 Å². The van der Waals surface area contributed by atoms with Gasteiger partial charge in [-0.2, -0.15) is 0 Å². The summed E-state index contributed by atoms with van der Waals surface area (Å²) in [5, 5.41) is 5.63. The van der Waals surface area contributed by atoms with Crippen molar-refractivity contribution in [3.05, 3.63) is 48.0 Å². The molecule has 0 atom stereocenters. The SMILES string of the molecule is CCOc1ccccc1NC(=O)c1ccc2c(c1)NC(=O)CS2. The molecule has 0 saturated heterocycles. The molecule has 1 heterocycles. The molecule has 1 aliphatic heterocycles. The van der Waals surface area contributed by atoms with E-state index in [9.17, 15) is 9.59 Å². The summed E-state index contributed by atoms with van der Waals surface area (Å²) in [6.45, 7) is 2.41. The average molecular weight is 328 g/mol. The van der Waals surface area contributed by atoms with E-state index in [2.05, 4.69) is 10.6 Å². The van der Waals surface area contributed by atoms with Crippen LogP contribution >= 0.6 is 11.8 Å². The number of carbonyl (C=O) groups is 2. The summed E-state index contributed by atoms with van der Waals surface area (Å²) in [6.07, 6.45) is 0. The molecule has 0 bridgehead atoms. The maximum Gasteiger partial charge on any atom is 0.255 e. The van der Waals surface area contributed by atoms with Crippen molar-refractivity contribution >= 4 is 35.0 Å². The molecule has 0 aliphatic carbocycles. The van der Waals surface area contributed by atoms with E-state index in [1.54, 1.807) is 18.2 Å². The van der Waals surface area contributed by atoms with Crippen LogP contribution in [-0.2, 0) is 4.79 Å². The molecule has 0 spiro atoms.